The zero-order valence-corrected chi connectivity index (χ0v) is 8.81. The van der Waals surface area contributed by atoms with Crippen molar-refractivity contribution in [3.8, 4) is 0 Å². The Balaban J connectivity index is 2.93. The summed E-state index contributed by atoms with van der Waals surface area (Å²) in [7, 11) is 0. The summed E-state index contributed by atoms with van der Waals surface area (Å²) >= 11 is 0. The summed E-state index contributed by atoms with van der Waals surface area (Å²) in [5, 5.41) is 0. The van der Waals surface area contributed by atoms with Gasteiger partial charge in [0.1, 0.15) is 6.29 Å². The summed E-state index contributed by atoms with van der Waals surface area (Å²) in [6.07, 6.45) is 4.19. The molecule has 0 saturated carbocycles. The van der Waals surface area contributed by atoms with E-state index in [1.54, 1.807) is 0 Å². The van der Waals surface area contributed by atoms with Crippen LogP contribution in [0.1, 0.15) is 40.0 Å². The molecule has 1 rings (SSSR count). The SMILES string of the molecule is C=C(C=O)C1=C(C)CCC(C)(C)C1. The smallest absolute Gasteiger partial charge is 0.149 e. The van der Waals surface area contributed by atoms with E-state index in [2.05, 4.69) is 27.4 Å². The number of allylic oxidation sites excluding steroid dienone is 3. The number of rotatable bonds is 2. The highest BCUT2D eigenvalue weighted by atomic mass is 16.1. The van der Waals surface area contributed by atoms with E-state index in [-0.39, 0.29) is 0 Å². The zero-order valence-electron chi connectivity index (χ0n) is 8.81. The first-order valence-corrected chi connectivity index (χ1v) is 4.79. The Morgan fingerprint density at radius 3 is 2.69 bits per heavy atom. The van der Waals surface area contributed by atoms with Crippen molar-refractivity contribution in [2.45, 2.75) is 40.0 Å². The Kier molecular flexibility index (Phi) is 2.74. The molecule has 0 radical (unpaired) electrons. The summed E-state index contributed by atoms with van der Waals surface area (Å²) in [4.78, 5) is 10.6. The fraction of sp³-hybridized carbons (Fsp3) is 0.583. The second-order valence-electron chi connectivity index (χ2n) is 4.74. The van der Waals surface area contributed by atoms with E-state index in [0.29, 0.717) is 11.0 Å². The van der Waals surface area contributed by atoms with Crippen LogP contribution in [0, 0.1) is 5.41 Å². The maximum Gasteiger partial charge on any atom is 0.149 e. The number of hydrogen-bond donors (Lipinski definition) is 0. The average Bonchev–Trinajstić information content (AvgIpc) is 2.08. The van der Waals surface area contributed by atoms with Crippen molar-refractivity contribution in [3.63, 3.8) is 0 Å². The lowest BCUT2D eigenvalue weighted by Crippen LogP contribution is -2.18. The molecular formula is C12H18O. The molecule has 13 heavy (non-hydrogen) atoms. The first-order valence-electron chi connectivity index (χ1n) is 4.79. The minimum absolute atomic E-state index is 0.334. The molecule has 0 aliphatic heterocycles. The van der Waals surface area contributed by atoms with Gasteiger partial charge in [-0.15, -0.1) is 0 Å². The quantitative estimate of drug-likeness (QED) is 0.468. The van der Waals surface area contributed by atoms with Crippen LogP contribution in [-0.2, 0) is 4.79 Å². The lowest BCUT2D eigenvalue weighted by atomic mass is 9.73. The molecule has 0 heterocycles. The minimum atomic E-state index is 0.334. The average molecular weight is 178 g/mol. The van der Waals surface area contributed by atoms with Crippen molar-refractivity contribution >= 4 is 6.29 Å². The molecule has 0 N–H and O–H groups in total. The fourth-order valence-electron chi connectivity index (χ4n) is 1.85. The van der Waals surface area contributed by atoms with E-state index < -0.39 is 0 Å². The van der Waals surface area contributed by atoms with Crippen molar-refractivity contribution in [3.05, 3.63) is 23.3 Å². The van der Waals surface area contributed by atoms with Crippen LogP contribution < -0.4 is 0 Å². The predicted octanol–water partition coefficient (Wildman–Crippen LogP) is 3.27. The van der Waals surface area contributed by atoms with Crippen LogP contribution in [0.2, 0.25) is 0 Å². The van der Waals surface area contributed by atoms with Gasteiger partial charge in [0.05, 0.1) is 0 Å². The van der Waals surface area contributed by atoms with Crippen molar-refractivity contribution < 1.29 is 4.79 Å². The molecule has 1 nitrogen and oxygen atoms in total. The third kappa shape index (κ3) is 2.30. The van der Waals surface area contributed by atoms with Gasteiger partial charge in [0.25, 0.3) is 0 Å². The van der Waals surface area contributed by atoms with Gasteiger partial charge in [-0.3, -0.25) is 4.79 Å². The zero-order chi connectivity index (χ0) is 10.1. The van der Waals surface area contributed by atoms with Gasteiger partial charge in [-0.1, -0.05) is 26.0 Å². The Morgan fingerprint density at radius 2 is 2.15 bits per heavy atom. The summed E-state index contributed by atoms with van der Waals surface area (Å²) in [6, 6.07) is 0. The highest BCUT2D eigenvalue weighted by Gasteiger charge is 2.26. The van der Waals surface area contributed by atoms with Crippen LogP contribution in [0.4, 0.5) is 0 Å². The minimum Gasteiger partial charge on any atom is -0.298 e. The Labute approximate surface area is 80.5 Å². The van der Waals surface area contributed by atoms with Gasteiger partial charge < -0.3 is 0 Å². The summed E-state index contributed by atoms with van der Waals surface area (Å²) in [6.45, 7) is 10.4. The molecule has 0 aromatic rings. The van der Waals surface area contributed by atoms with E-state index in [1.807, 2.05) is 0 Å². The van der Waals surface area contributed by atoms with Crippen molar-refractivity contribution in [1.82, 2.24) is 0 Å². The molecule has 0 fully saturated rings. The van der Waals surface area contributed by atoms with E-state index in [4.69, 9.17) is 0 Å². The molecule has 1 aliphatic carbocycles. The number of hydrogen-bond acceptors (Lipinski definition) is 1. The van der Waals surface area contributed by atoms with Crippen LogP contribution in [0.25, 0.3) is 0 Å². The topological polar surface area (TPSA) is 17.1 Å². The molecule has 0 unspecified atom stereocenters. The van der Waals surface area contributed by atoms with E-state index >= 15 is 0 Å². The number of aldehydes is 1. The highest BCUT2D eigenvalue weighted by Crippen LogP contribution is 2.40. The Bertz CT molecular complexity index is 269. The van der Waals surface area contributed by atoms with Gasteiger partial charge in [0, 0.05) is 5.57 Å². The molecule has 0 spiro atoms. The number of carbonyl (C=O) groups is 1. The highest BCUT2D eigenvalue weighted by molar-refractivity contribution is 5.79. The third-order valence-electron chi connectivity index (χ3n) is 2.88. The lowest BCUT2D eigenvalue weighted by Gasteiger charge is -2.32. The van der Waals surface area contributed by atoms with Crippen LogP contribution in [0.15, 0.2) is 23.3 Å². The van der Waals surface area contributed by atoms with Crippen molar-refractivity contribution in [1.29, 1.82) is 0 Å². The van der Waals surface area contributed by atoms with E-state index in [9.17, 15) is 4.79 Å². The second-order valence-corrected chi connectivity index (χ2v) is 4.74. The molecule has 0 atom stereocenters. The summed E-state index contributed by atoms with van der Waals surface area (Å²) in [5.41, 5.74) is 3.54. The first kappa shape index (κ1) is 10.2. The third-order valence-corrected chi connectivity index (χ3v) is 2.88. The molecule has 0 saturated heterocycles. The van der Waals surface area contributed by atoms with Crippen molar-refractivity contribution in [2.75, 3.05) is 0 Å². The molecule has 72 valence electrons. The van der Waals surface area contributed by atoms with Gasteiger partial charge in [0.2, 0.25) is 0 Å². The second kappa shape index (κ2) is 3.49. The fourth-order valence-corrected chi connectivity index (χ4v) is 1.85. The standard InChI is InChI=1S/C12H18O/c1-9-5-6-12(3,4)7-11(9)10(2)8-13/h8H,2,5-7H2,1,3-4H3. The lowest BCUT2D eigenvalue weighted by molar-refractivity contribution is -0.104. The molecule has 1 heteroatoms. The first-order chi connectivity index (χ1) is 5.96. The van der Waals surface area contributed by atoms with Gasteiger partial charge in [-0.2, -0.15) is 0 Å². The predicted molar refractivity (Wildman–Crippen MR) is 55.5 cm³/mol. The maximum atomic E-state index is 10.6. The van der Waals surface area contributed by atoms with Crippen LogP contribution >= 0.6 is 0 Å². The molecule has 0 aromatic heterocycles. The monoisotopic (exact) mass is 178 g/mol. The summed E-state index contributed by atoms with van der Waals surface area (Å²) in [5.74, 6) is 0. The largest absolute Gasteiger partial charge is 0.298 e. The maximum absolute atomic E-state index is 10.6. The summed E-state index contributed by atoms with van der Waals surface area (Å²) < 4.78 is 0. The molecule has 0 bridgehead atoms. The van der Waals surface area contributed by atoms with Crippen LogP contribution in [0.5, 0.6) is 0 Å². The van der Waals surface area contributed by atoms with Gasteiger partial charge >= 0.3 is 0 Å². The van der Waals surface area contributed by atoms with Gasteiger partial charge in [0.15, 0.2) is 0 Å². The molecule has 1 aliphatic rings. The molecule has 0 amide bonds. The Hall–Kier alpha value is -0.850. The van der Waals surface area contributed by atoms with Gasteiger partial charge in [-0.25, -0.2) is 0 Å². The Morgan fingerprint density at radius 1 is 1.54 bits per heavy atom. The normalized spacial score (nSPS) is 21.5. The molecular weight excluding hydrogens is 160 g/mol. The van der Waals surface area contributed by atoms with E-state index in [0.717, 1.165) is 19.1 Å². The van der Waals surface area contributed by atoms with Crippen LogP contribution in [-0.4, -0.2) is 6.29 Å². The van der Waals surface area contributed by atoms with Gasteiger partial charge in [-0.05, 0) is 37.2 Å². The molecule has 0 aromatic carbocycles. The van der Waals surface area contributed by atoms with Crippen LogP contribution in [0.3, 0.4) is 0 Å². The van der Waals surface area contributed by atoms with E-state index in [1.165, 1.54) is 17.6 Å². The number of carbonyl (C=O) groups excluding carboxylic acids is 1. The van der Waals surface area contributed by atoms with Crippen molar-refractivity contribution in [2.24, 2.45) is 5.41 Å².